The van der Waals surface area contributed by atoms with E-state index in [0.29, 0.717) is 16.4 Å². The van der Waals surface area contributed by atoms with Gasteiger partial charge in [0, 0.05) is 11.6 Å². The van der Waals surface area contributed by atoms with E-state index in [1.54, 1.807) is 31.4 Å². The SMILES string of the molecule is COc1ccc(C(=O)NC(=S)NC(C)C)cc1. The summed E-state index contributed by atoms with van der Waals surface area (Å²) >= 11 is 4.99. The molecular formula is C12H16N2O2S. The number of thiocarbonyl (C=S) groups is 1. The van der Waals surface area contributed by atoms with Gasteiger partial charge < -0.3 is 10.1 Å². The minimum atomic E-state index is -0.231. The maximum Gasteiger partial charge on any atom is 0.257 e. The molecule has 0 spiro atoms. The van der Waals surface area contributed by atoms with Crippen molar-refractivity contribution in [2.45, 2.75) is 19.9 Å². The molecule has 1 aromatic carbocycles. The largest absolute Gasteiger partial charge is 0.497 e. The lowest BCUT2D eigenvalue weighted by Gasteiger charge is -2.12. The van der Waals surface area contributed by atoms with Crippen molar-refractivity contribution >= 4 is 23.2 Å². The van der Waals surface area contributed by atoms with Crippen molar-refractivity contribution in [2.24, 2.45) is 0 Å². The first-order chi connectivity index (χ1) is 8.02. The van der Waals surface area contributed by atoms with E-state index in [2.05, 4.69) is 10.6 Å². The summed E-state index contributed by atoms with van der Waals surface area (Å²) in [5, 5.41) is 5.88. The fourth-order valence-electron chi connectivity index (χ4n) is 1.22. The van der Waals surface area contributed by atoms with Gasteiger partial charge in [-0.1, -0.05) is 0 Å². The molecule has 5 heteroatoms. The van der Waals surface area contributed by atoms with Crippen LogP contribution in [0.3, 0.4) is 0 Å². The van der Waals surface area contributed by atoms with Gasteiger partial charge >= 0.3 is 0 Å². The smallest absolute Gasteiger partial charge is 0.257 e. The third-order valence-corrected chi connectivity index (χ3v) is 2.22. The molecule has 0 saturated heterocycles. The predicted molar refractivity (Wildman–Crippen MR) is 71.3 cm³/mol. The molecule has 0 aliphatic heterocycles. The third-order valence-electron chi connectivity index (χ3n) is 2.00. The Bertz CT molecular complexity index is 401. The fourth-order valence-corrected chi connectivity index (χ4v) is 1.54. The molecule has 92 valence electrons. The Morgan fingerprint density at radius 3 is 2.35 bits per heavy atom. The number of carbonyl (C=O) groups excluding carboxylic acids is 1. The van der Waals surface area contributed by atoms with Gasteiger partial charge in [-0.15, -0.1) is 0 Å². The molecule has 2 N–H and O–H groups in total. The van der Waals surface area contributed by atoms with Crippen LogP contribution in [-0.2, 0) is 0 Å². The Labute approximate surface area is 106 Å². The second-order valence-corrected chi connectivity index (χ2v) is 4.22. The molecule has 0 aromatic heterocycles. The average molecular weight is 252 g/mol. The Morgan fingerprint density at radius 2 is 1.88 bits per heavy atom. The van der Waals surface area contributed by atoms with E-state index in [1.165, 1.54) is 0 Å². The van der Waals surface area contributed by atoms with Crippen molar-refractivity contribution in [1.82, 2.24) is 10.6 Å². The van der Waals surface area contributed by atoms with Gasteiger partial charge in [0.2, 0.25) is 0 Å². The number of hydrogen-bond donors (Lipinski definition) is 2. The van der Waals surface area contributed by atoms with Gasteiger partial charge in [0.05, 0.1) is 7.11 Å². The van der Waals surface area contributed by atoms with Crippen LogP contribution in [0.4, 0.5) is 0 Å². The molecule has 0 heterocycles. The van der Waals surface area contributed by atoms with Crippen LogP contribution in [0.5, 0.6) is 5.75 Å². The Morgan fingerprint density at radius 1 is 1.29 bits per heavy atom. The molecule has 0 aliphatic carbocycles. The van der Waals surface area contributed by atoms with E-state index >= 15 is 0 Å². The number of nitrogens with one attached hydrogen (secondary N) is 2. The van der Waals surface area contributed by atoms with Gasteiger partial charge in [-0.05, 0) is 50.3 Å². The zero-order chi connectivity index (χ0) is 12.8. The van der Waals surface area contributed by atoms with Crippen LogP contribution in [0.1, 0.15) is 24.2 Å². The van der Waals surface area contributed by atoms with E-state index in [0.717, 1.165) is 0 Å². The first-order valence-corrected chi connectivity index (χ1v) is 5.69. The summed E-state index contributed by atoms with van der Waals surface area (Å²) in [6.45, 7) is 3.90. The molecule has 1 amide bonds. The Hall–Kier alpha value is -1.62. The minimum absolute atomic E-state index is 0.193. The zero-order valence-electron chi connectivity index (χ0n) is 10.1. The summed E-state index contributed by atoms with van der Waals surface area (Å²) in [5.74, 6) is 0.482. The summed E-state index contributed by atoms with van der Waals surface area (Å²) in [7, 11) is 1.58. The van der Waals surface area contributed by atoms with Gasteiger partial charge in [-0.2, -0.15) is 0 Å². The number of ether oxygens (including phenoxy) is 1. The van der Waals surface area contributed by atoms with Crippen molar-refractivity contribution < 1.29 is 9.53 Å². The summed E-state index contributed by atoms with van der Waals surface area (Å²) in [6.07, 6.45) is 0. The van der Waals surface area contributed by atoms with Gasteiger partial charge in [0.15, 0.2) is 5.11 Å². The van der Waals surface area contributed by atoms with Crippen LogP contribution in [0.15, 0.2) is 24.3 Å². The number of hydrogen-bond acceptors (Lipinski definition) is 3. The Balaban J connectivity index is 2.60. The number of amides is 1. The molecule has 4 nitrogen and oxygen atoms in total. The molecule has 0 fully saturated rings. The molecule has 0 bridgehead atoms. The summed E-state index contributed by atoms with van der Waals surface area (Å²) < 4.78 is 5.01. The van der Waals surface area contributed by atoms with E-state index in [-0.39, 0.29) is 11.9 Å². The van der Waals surface area contributed by atoms with Crippen LogP contribution in [0.2, 0.25) is 0 Å². The molecule has 0 unspecified atom stereocenters. The van der Waals surface area contributed by atoms with E-state index in [1.807, 2.05) is 13.8 Å². The molecule has 0 aliphatic rings. The highest BCUT2D eigenvalue weighted by Gasteiger charge is 2.08. The van der Waals surface area contributed by atoms with E-state index < -0.39 is 0 Å². The lowest BCUT2D eigenvalue weighted by Crippen LogP contribution is -2.42. The van der Waals surface area contributed by atoms with Gasteiger partial charge in [-0.3, -0.25) is 10.1 Å². The summed E-state index contributed by atoms with van der Waals surface area (Å²) in [6, 6.07) is 7.03. The van der Waals surface area contributed by atoms with Crippen LogP contribution < -0.4 is 15.4 Å². The van der Waals surface area contributed by atoms with Gasteiger partial charge in [-0.25, -0.2) is 0 Å². The number of benzene rings is 1. The quantitative estimate of drug-likeness (QED) is 0.804. The van der Waals surface area contributed by atoms with Crippen molar-refractivity contribution in [3.63, 3.8) is 0 Å². The molecule has 17 heavy (non-hydrogen) atoms. The van der Waals surface area contributed by atoms with Crippen molar-refractivity contribution in [3.8, 4) is 5.75 Å². The predicted octanol–water partition coefficient (Wildman–Crippen LogP) is 1.71. The highest BCUT2D eigenvalue weighted by Crippen LogP contribution is 2.10. The summed E-state index contributed by atoms with van der Waals surface area (Å²) in [4.78, 5) is 11.8. The second kappa shape index (κ2) is 6.20. The molecule has 1 rings (SSSR count). The van der Waals surface area contributed by atoms with Crippen LogP contribution in [0, 0.1) is 0 Å². The van der Waals surface area contributed by atoms with E-state index in [9.17, 15) is 4.79 Å². The lowest BCUT2D eigenvalue weighted by molar-refractivity contribution is 0.0976. The highest BCUT2D eigenvalue weighted by molar-refractivity contribution is 7.80. The third kappa shape index (κ3) is 4.40. The zero-order valence-corrected chi connectivity index (χ0v) is 10.9. The first-order valence-electron chi connectivity index (χ1n) is 5.29. The van der Waals surface area contributed by atoms with Crippen LogP contribution >= 0.6 is 12.2 Å². The normalized spacial score (nSPS) is 9.88. The van der Waals surface area contributed by atoms with Crippen molar-refractivity contribution in [2.75, 3.05) is 7.11 Å². The summed E-state index contributed by atoms with van der Waals surface area (Å²) in [5.41, 5.74) is 0.540. The lowest BCUT2D eigenvalue weighted by atomic mass is 10.2. The second-order valence-electron chi connectivity index (χ2n) is 3.81. The maximum atomic E-state index is 11.8. The fraction of sp³-hybridized carbons (Fsp3) is 0.333. The van der Waals surface area contributed by atoms with Crippen molar-refractivity contribution in [3.05, 3.63) is 29.8 Å². The van der Waals surface area contributed by atoms with E-state index in [4.69, 9.17) is 17.0 Å². The topological polar surface area (TPSA) is 50.4 Å². The van der Waals surface area contributed by atoms with Crippen LogP contribution in [0.25, 0.3) is 0 Å². The first kappa shape index (κ1) is 13.4. The average Bonchev–Trinajstić information content (AvgIpc) is 2.28. The van der Waals surface area contributed by atoms with Crippen molar-refractivity contribution in [1.29, 1.82) is 0 Å². The van der Waals surface area contributed by atoms with Gasteiger partial charge in [0.1, 0.15) is 5.75 Å². The monoisotopic (exact) mass is 252 g/mol. The maximum absolute atomic E-state index is 11.8. The molecule has 1 aromatic rings. The molecule has 0 atom stereocenters. The van der Waals surface area contributed by atoms with Gasteiger partial charge in [0.25, 0.3) is 5.91 Å². The molecule has 0 saturated carbocycles. The minimum Gasteiger partial charge on any atom is -0.497 e. The molecular weight excluding hydrogens is 236 g/mol. The Kier molecular flexibility index (Phi) is 4.90. The number of methoxy groups -OCH3 is 1. The van der Waals surface area contributed by atoms with Crippen LogP contribution in [-0.4, -0.2) is 24.2 Å². The number of rotatable bonds is 3. The highest BCUT2D eigenvalue weighted by atomic mass is 32.1. The molecule has 0 radical (unpaired) electrons. The number of carbonyl (C=O) groups is 1. The standard InChI is InChI=1S/C12H16N2O2S/c1-8(2)13-12(17)14-11(15)9-4-6-10(16-3)7-5-9/h4-8H,1-3H3,(H2,13,14,15,17).